The molecule has 0 unspecified atom stereocenters. The average molecular weight is 296 g/mol. The lowest BCUT2D eigenvalue weighted by atomic mass is 10.1. The van der Waals surface area contributed by atoms with Crippen molar-refractivity contribution in [2.24, 2.45) is 5.92 Å². The smallest absolute Gasteiger partial charge is 0.328 e. The van der Waals surface area contributed by atoms with E-state index in [1.165, 1.54) is 12.8 Å². The second-order valence-electron chi connectivity index (χ2n) is 5.64. The Labute approximate surface area is 126 Å². The van der Waals surface area contributed by atoms with E-state index in [0.29, 0.717) is 22.9 Å². The van der Waals surface area contributed by atoms with Gasteiger partial charge in [-0.1, -0.05) is 12.1 Å². The van der Waals surface area contributed by atoms with Crippen LogP contribution in [0.3, 0.4) is 0 Å². The van der Waals surface area contributed by atoms with Gasteiger partial charge in [-0.25, -0.2) is 14.8 Å². The van der Waals surface area contributed by atoms with Gasteiger partial charge in [-0.3, -0.25) is 9.55 Å². The molecule has 3 aromatic rings. The lowest BCUT2D eigenvalue weighted by Gasteiger charge is -2.04. The van der Waals surface area contributed by atoms with Gasteiger partial charge in [0.1, 0.15) is 5.75 Å². The minimum atomic E-state index is -0.135. The van der Waals surface area contributed by atoms with Crippen molar-refractivity contribution in [3.05, 3.63) is 40.9 Å². The maximum Gasteiger partial charge on any atom is 0.328 e. The quantitative estimate of drug-likeness (QED) is 0.801. The van der Waals surface area contributed by atoms with Crippen molar-refractivity contribution in [2.75, 3.05) is 7.11 Å². The molecule has 4 rings (SSSR count). The molecule has 112 valence electrons. The molecule has 0 spiro atoms. The molecule has 2 aromatic heterocycles. The molecule has 0 radical (unpaired) electrons. The van der Waals surface area contributed by atoms with Crippen LogP contribution in [0.4, 0.5) is 0 Å². The van der Waals surface area contributed by atoms with Gasteiger partial charge in [0.2, 0.25) is 0 Å². The number of imidazole rings is 1. The molecule has 22 heavy (non-hydrogen) atoms. The molecule has 1 fully saturated rings. The predicted molar refractivity (Wildman–Crippen MR) is 82.9 cm³/mol. The molecule has 1 aromatic carbocycles. The van der Waals surface area contributed by atoms with E-state index in [0.717, 1.165) is 17.9 Å². The Hall–Kier alpha value is -2.63. The van der Waals surface area contributed by atoms with E-state index in [2.05, 4.69) is 15.0 Å². The largest absolute Gasteiger partial charge is 0.497 e. The van der Waals surface area contributed by atoms with Crippen LogP contribution in [-0.4, -0.2) is 26.6 Å². The molecule has 0 amide bonds. The van der Waals surface area contributed by atoms with Crippen molar-refractivity contribution in [3.8, 4) is 17.0 Å². The van der Waals surface area contributed by atoms with Crippen LogP contribution in [0.2, 0.25) is 0 Å². The van der Waals surface area contributed by atoms with Crippen LogP contribution in [0.1, 0.15) is 12.8 Å². The highest BCUT2D eigenvalue weighted by Gasteiger charge is 2.24. The third-order valence-corrected chi connectivity index (χ3v) is 3.98. The maximum atomic E-state index is 12.1. The fourth-order valence-corrected chi connectivity index (χ4v) is 2.58. The molecule has 1 aliphatic carbocycles. The summed E-state index contributed by atoms with van der Waals surface area (Å²) in [7, 11) is 1.63. The van der Waals surface area contributed by atoms with Crippen molar-refractivity contribution in [3.63, 3.8) is 0 Å². The molecule has 1 N–H and O–H groups in total. The van der Waals surface area contributed by atoms with Gasteiger partial charge in [0.25, 0.3) is 0 Å². The van der Waals surface area contributed by atoms with Gasteiger partial charge >= 0.3 is 5.69 Å². The highest BCUT2D eigenvalue weighted by atomic mass is 16.5. The SMILES string of the molecule is COc1cccc(-c2cnc3c(n2)[nH]c(=O)n3CC2CC2)c1. The van der Waals surface area contributed by atoms with Gasteiger partial charge in [-0.15, -0.1) is 0 Å². The van der Waals surface area contributed by atoms with Gasteiger partial charge in [-0.05, 0) is 30.9 Å². The molecule has 0 aliphatic heterocycles. The summed E-state index contributed by atoms with van der Waals surface area (Å²) in [5.41, 5.74) is 2.65. The van der Waals surface area contributed by atoms with Crippen molar-refractivity contribution in [2.45, 2.75) is 19.4 Å². The molecular formula is C16H16N4O2. The summed E-state index contributed by atoms with van der Waals surface area (Å²) in [6.45, 7) is 0.728. The number of aromatic nitrogens is 4. The summed E-state index contributed by atoms with van der Waals surface area (Å²) in [5.74, 6) is 1.37. The van der Waals surface area contributed by atoms with Crippen molar-refractivity contribution >= 4 is 11.3 Å². The minimum absolute atomic E-state index is 0.135. The number of methoxy groups -OCH3 is 1. The van der Waals surface area contributed by atoms with Crippen LogP contribution in [0, 0.1) is 5.92 Å². The van der Waals surface area contributed by atoms with Crippen LogP contribution < -0.4 is 10.4 Å². The summed E-state index contributed by atoms with van der Waals surface area (Å²) in [6.07, 6.45) is 4.08. The summed E-state index contributed by atoms with van der Waals surface area (Å²) < 4.78 is 6.92. The second kappa shape index (κ2) is 4.98. The lowest BCUT2D eigenvalue weighted by molar-refractivity contribution is 0.415. The van der Waals surface area contributed by atoms with Crippen LogP contribution in [-0.2, 0) is 6.54 Å². The van der Waals surface area contributed by atoms with Gasteiger partial charge in [0.15, 0.2) is 11.3 Å². The zero-order chi connectivity index (χ0) is 15.1. The number of nitrogens with zero attached hydrogens (tertiary/aromatic N) is 3. The highest BCUT2D eigenvalue weighted by Crippen LogP contribution is 2.31. The van der Waals surface area contributed by atoms with E-state index in [9.17, 15) is 4.79 Å². The number of aromatic amines is 1. The molecule has 6 heteroatoms. The molecule has 6 nitrogen and oxygen atoms in total. The Morgan fingerprint density at radius 3 is 3.05 bits per heavy atom. The van der Waals surface area contributed by atoms with Crippen molar-refractivity contribution in [1.29, 1.82) is 0 Å². The molecular weight excluding hydrogens is 280 g/mol. The highest BCUT2D eigenvalue weighted by molar-refractivity contribution is 5.71. The molecule has 0 saturated heterocycles. The summed E-state index contributed by atoms with van der Waals surface area (Å²) in [4.78, 5) is 23.8. The predicted octanol–water partition coefficient (Wildman–Crippen LogP) is 2.21. The van der Waals surface area contributed by atoms with Crippen LogP contribution in [0.5, 0.6) is 5.75 Å². The van der Waals surface area contributed by atoms with Crippen molar-refractivity contribution < 1.29 is 4.74 Å². The fourth-order valence-electron chi connectivity index (χ4n) is 2.58. The number of fused-ring (bicyclic) bond motifs is 1. The Kier molecular flexibility index (Phi) is 2.96. The first kappa shape index (κ1) is 13.1. The summed E-state index contributed by atoms with van der Waals surface area (Å²) >= 11 is 0. The van der Waals surface area contributed by atoms with Crippen LogP contribution >= 0.6 is 0 Å². The van der Waals surface area contributed by atoms with E-state index in [1.807, 2.05) is 24.3 Å². The first-order valence-corrected chi connectivity index (χ1v) is 7.34. The molecule has 2 heterocycles. The third kappa shape index (κ3) is 2.26. The van der Waals surface area contributed by atoms with Crippen LogP contribution in [0.25, 0.3) is 22.6 Å². The third-order valence-electron chi connectivity index (χ3n) is 3.98. The van der Waals surface area contributed by atoms with Gasteiger partial charge < -0.3 is 4.74 Å². The minimum Gasteiger partial charge on any atom is -0.497 e. The first-order chi connectivity index (χ1) is 10.7. The number of nitrogens with one attached hydrogen (secondary N) is 1. The van der Waals surface area contributed by atoms with Gasteiger partial charge in [0.05, 0.1) is 19.0 Å². The normalized spacial score (nSPS) is 14.4. The molecule has 1 saturated carbocycles. The number of H-pyrrole nitrogens is 1. The average Bonchev–Trinajstić information content (AvgIpc) is 3.31. The first-order valence-electron chi connectivity index (χ1n) is 7.34. The zero-order valence-electron chi connectivity index (χ0n) is 12.2. The number of ether oxygens (including phenoxy) is 1. The Morgan fingerprint density at radius 1 is 1.41 bits per heavy atom. The number of hydrogen-bond acceptors (Lipinski definition) is 4. The molecule has 0 bridgehead atoms. The molecule has 0 atom stereocenters. The number of hydrogen-bond donors (Lipinski definition) is 1. The van der Waals surface area contributed by atoms with E-state index in [-0.39, 0.29) is 5.69 Å². The molecule has 1 aliphatic rings. The van der Waals surface area contributed by atoms with E-state index in [4.69, 9.17) is 4.74 Å². The standard InChI is InChI=1S/C16H16N4O2/c1-22-12-4-2-3-11(7-12)13-8-17-15-14(18-13)19-16(21)20(15)9-10-5-6-10/h2-4,7-8,10H,5-6,9H2,1H3,(H,18,19,21). The Morgan fingerprint density at radius 2 is 2.27 bits per heavy atom. The van der Waals surface area contributed by atoms with E-state index in [1.54, 1.807) is 17.9 Å². The monoisotopic (exact) mass is 296 g/mol. The maximum absolute atomic E-state index is 12.1. The zero-order valence-corrected chi connectivity index (χ0v) is 12.2. The van der Waals surface area contributed by atoms with E-state index < -0.39 is 0 Å². The lowest BCUT2D eigenvalue weighted by Crippen LogP contribution is -2.17. The number of rotatable bonds is 4. The summed E-state index contributed by atoms with van der Waals surface area (Å²) in [5, 5.41) is 0. The topological polar surface area (TPSA) is 72.8 Å². The van der Waals surface area contributed by atoms with Gasteiger partial charge in [0, 0.05) is 12.1 Å². The fraction of sp³-hybridized carbons (Fsp3) is 0.312. The van der Waals surface area contributed by atoms with E-state index >= 15 is 0 Å². The Balaban J connectivity index is 1.78. The van der Waals surface area contributed by atoms with Crippen molar-refractivity contribution in [1.82, 2.24) is 19.5 Å². The second-order valence-corrected chi connectivity index (χ2v) is 5.64. The van der Waals surface area contributed by atoms with Crippen LogP contribution in [0.15, 0.2) is 35.3 Å². The Bertz CT molecular complexity index is 893. The summed E-state index contributed by atoms with van der Waals surface area (Å²) in [6, 6.07) is 7.62. The number of benzene rings is 1. The van der Waals surface area contributed by atoms with Gasteiger partial charge in [-0.2, -0.15) is 0 Å².